The van der Waals surface area contributed by atoms with Gasteiger partial charge in [-0.05, 0) is 31.5 Å². The van der Waals surface area contributed by atoms with Gasteiger partial charge in [-0.2, -0.15) is 0 Å². The summed E-state index contributed by atoms with van der Waals surface area (Å²) in [5.74, 6) is 0. The van der Waals surface area contributed by atoms with E-state index in [0.717, 1.165) is 11.4 Å². The Labute approximate surface area is 84.4 Å². The van der Waals surface area contributed by atoms with Crippen molar-refractivity contribution in [1.29, 1.82) is 0 Å². The number of rotatable bonds is 1. The van der Waals surface area contributed by atoms with E-state index < -0.39 is 0 Å². The summed E-state index contributed by atoms with van der Waals surface area (Å²) in [6.07, 6.45) is 0. The molecule has 1 aromatic heterocycles. The molecule has 1 nitrogen and oxygen atoms in total. The van der Waals surface area contributed by atoms with E-state index in [2.05, 4.69) is 36.2 Å². The molecule has 0 spiro atoms. The minimum absolute atomic E-state index is 1.06. The van der Waals surface area contributed by atoms with Crippen LogP contribution in [0.3, 0.4) is 0 Å². The number of hydrogen-bond donors (Lipinski definition) is 0. The standard InChI is InChI=1S/C13H13N/c1-10-8-11(2)14-13(9-10)12-6-4-3-5-7-12/h3-9H,1-2H3. The molecule has 0 aliphatic rings. The van der Waals surface area contributed by atoms with Gasteiger partial charge in [-0.25, -0.2) is 0 Å². The molecule has 2 aromatic rings. The predicted octanol–water partition coefficient (Wildman–Crippen LogP) is 3.37. The topological polar surface area (TPSA) is 12.9 Å². The lowest BCUT2D eigenvalue weighted by Crippen LogP contribution is -1.88. The van der Waals surface area contributed by atoms with Crippen LogP contribution in [0.1, 0.15) is 11.3 Å². The molecule has 0 aliphatic heterocycles. The summed E-state index contributed by atoms with van der Waals surface area (Å²) in [5.41, 5.74) is 4.57. The number of aromatic nitrogens is 1. The van der Waals surface area contributed by atoms with Crippen LogP contribution in [0.5, 0.6) is 0 Å². The summed E-state index contributed by atoms with van der Waals surface area (Å²) in [4.78, 5) is 4.50. The van der Waals surface area contributed by atoms with Gasteiger partial charge in [-0.3, -0.25) is 4.98 Å². The van der Waals surface area contributed by atoms with E-state index in [-0.39, 0.29) is 0 Å². The maximum atomic E-state index is 4.50. The first-order valence-electron chi connectivity index (χ1n) is 4.76. The number of aryl methyl sites for hydroxylation is 2. The van der Waals surface area contributed by atoms with E-state index >= 15 is 0 Å². The van der Waals surface area contributed by atoms with Gasteiger partial charge in [0.1, 0.15) is 0 Å². The molecule has 70 valence electrons. The Morgan fingerprint density at radius 2 is 1.64 bits per heavy atom. The molecule has 1 aromatic carbocycles. The summed E-state index contributed by atoms with van der Waals surface area (Å²) < 4.78 is 0. The molecule has 0 bridgehead atoms. The van der Waals surface area contributed by atoms with Gasteiger partial charge in [0.2, 0.25) is 0 Å². The molecular weight excluding hydrogens is 170 g/mol. The number of hydrogen-bond acceptors (Lipinski definition) is 1. The monoisotopic (exact) mass is 183 g/mol. The number of nitrogens with zero attached hydrogens (tertiary/aromatic N) is 1. The van der Waals surface area contributed by atoms with E-state index in [1.54, 1.807) is 0 Å². The summed E-state index contributed by atoms with van der Waals surface area (Å²) in [6, 6.07) is 14.5. The summed E-state index contributed by atoms with van der Waals surface area (Å²) in [6.45, 7) is 4.13. The summed E-state index contributed by atoms with van der Waals surface area (Å²) in [7, 11) is 0. The molecule has 0 radical (unpaired) electrons. The molecule has 0 amide bonds. The lowest BCUT2D eigenvalue weighted by atomic mass is 10.1. The van der Waals surface area contributed by atoms with E-state index in [1.807, 2.05) is 25.1 Å². The van der Waals surface area contributed by atoms with Crippen LogP contribution in [0.25, 0.3) is 11.3 Å². The molecular formula is C13H13N. The van der Waals surface area contributed by atoms with Crippen LogP contribution in [0.4, 0.5) is 0 Å². The van der Waals surface area contributed by atoms with Crippen molar-refractivity contribution >= 4 is 0 Å². The van der Waals surface area contributed by atoms with Gasteiger partial charge in [0, 0.05) is 11.3 Å². The fourth-order valence-corrected chi connectivity index (χ4v) is 1.60. The predicted molar refractivity (Wildman–Crippen MR) is 59.1 cm³/mol. The number of benzene rings is 1. The highest BCUT2D eigenvalue weighted by atomic mass is 14.7. The highest BCUT2D eigenvalue weighted by Crippen LogP contribution is 2.18. The third-order valence-electron chi connectivity index (χ3n) is 2.17. The van der Waals surface area contributed by atoms with Crippen molar-refractivity contribution in [3.63, 3.8) is 0 Å². The highest BCUT2D eigenvalue weighted by molar-refractivity contribution is 5.59. The maximum absolute atomic E-state index is 4.50. The smallest absolute Gasteiger partial charge is 0.0707 e. The van der Waals surface area contributed by atoms with Gasteiger partial charge in [0.05, 0.1) is 5.69 Å². The minimum Gasteiger partial charge on any atom is -0.253 e. The van der Waals surface area contributed by atoms with Crippen LogP contribution in [0.2, 0.25) is 0 Å². The van der Waals surface area contributed by atoms with Crippen LogP contribution < -0.4 is 0 Å². The highest BCUT2D eigenvalue weighted by Gasteiger charge is 1.99. The zero-order valence-corrected chi connectivity index (χ0v) is 8.49. The normalized spacial score (nSPS) is 10.1. The Morgan fingerprint density at radius 1 is 0.929 bits per heavy atom. The van der Waals surface area contributed by atoms with Crippen LogP contribution in [-0.2, 0) is 0 Å². The quantitative estimate of drug-likeness (QED) is 0.660. The van der Waals surface area contributed by atoms with E-state index in [0.29, 0.717) is 0 Å². The molecule has 1 heterocycles. The molecule has 2 rings (SSSR count). The van der Waals surface area contributed by atoms with Crippen molar-refractivity contribution in [3.8, 4) is 11.3 Å². The third kappa shape index (κ3) is 1.82. The molecule has 14 heavy (non-hydrogen) atoms. The molecule has 0 atom stereocenters. The Morgan fingerprint density at radius 3 is 2.29 bits per heavy atom. The second-order valence-corrected chi connectivity index (χ2v) is 3.54. The Balaban J connectivity index is 2.52. The number of pyridine rings is 1. The lowest BCUT2D eigenvalue weighted by molar-refractivity contribution is 1.18. The molecule has 0 aliphatic carbocycles. The lowest BCUT2D eigenvalue weighted by Gasteiger charge is -2.03. The maximum Gasteiger partial charge on any atom is 0.0707 e. The van der Waals surface area contributed by atoms with Crippen molar-refractivity contribution in [2.45, 2.75) is 13.8 Å². The van der Waals surface area contributed by atoms with Crippen molar-refractivity contribution in [2.75, 3.05) is 0 Å². The second-order valence-electron chi connectivity index (χ2n) is 3.54. The SMILES string of the molecule is Cc1cc(C)nc(-c2ccccc2)c1. The van der Waals surface area contributed by atoms with Gasteiger partial charge < -0.3 is 0 Å². The molecule has 0 saturated heterocycles. The first-order valence-corrected chi connectivity index (χ1v) is 4.76. The van der Waals surface area contributed by atoms with Crippen LogP contribution in [-0.4, -0.2) is 4.98 Å². The Kier molecular flexibility index (Phi) is 2.32. The largest absolute Gasteiger partial charge is 0.253 e. The van der Waals surface area contributed by atoms with E-state index in [1.165, 1.54) is 11.1 Å². The Hall–Kier alpha value is -1.63. The second kappa shape index (κ2) is 3.62. The first-order chi connectivity index (χ1) is 6.75. The van der Waals surface area contributed by atoms with Gasteiger partial charge in [-0.15, -0.1) is 0 Å². The van der Waals surface area contributed by atoms with E-state index in [4.69, 9.17) is 0 Å². The van der Waals surface area contributed by atoms with Crippen molar-refractivity contribution < 1.29 is 0 Å². The van der Waals surface area contributed by atoms with Crippen molar-refractivity contribution in [1.82, 2.24) is 4.98 Å². The first kappa shape index (κ1) is 8.95. The van der Waals surface area contributed by atoms with Gasteiger partial charge in [-0.1, -0.05) is 30.3 Å². The Bertz CT molecular complexity index is 412. The zero-order chi connectivity index (χ0) is 9.97. The van der Waals surface area contributed by atoms with Crippen LogP contribution in [0.15, 0.2) is 42.5 Å². The molecule has 0 unspecified atom stereocenters. The average Bonchev–Trinajstić information content (AvgIpc) is 2.18. The van der Waals surface area contributed by atoms with Gasteiger partial charge in [0.25, 0.3) is 0 Å². The third-order valence-corrected chi connectivity index (χ3v) is 2.17. The van der Waals surface area contributed by atoms with E-state index in [9.17, 15) is 0 Å². The fraction of sp³-hybridized carbons (Fsp3) is 0.154. The average molecular weight is 183 g/mol. The van der Waals surface area contributed by atoms with Gasteiger partial charge in [0.15, 0.2) is 0 Å². The summed E-state index contributed by atoms with van der Waals surface area (Å²) >= 11 is 0. The zero-order valence-electron chi connectivity index (χ0n) is 8.49. The van der Waals surface area contributed by atoms with Crippen molar-refractivity contribution in [3.05, 3.63) is 53.7 Å². The minimum atomic E-state index is 1.06. The molecule has 1 heteroatoms. The molecule has 0 N–H and O–H groups in total. The molecule has 0 fully saturated rings. The summed E-state index contributed by atoms with van der Waals surface area (Å²) in [5, 5.41) is 0. The van der Waals surface area contributed by atoms with Crippen molar-refractivity contribution in [2.24, 2.45) is 0 Å². The van der Waals surface area contributed by atoms with Crippen LogP contribution >= 0.6 is 0 Å². The van der Waals surface area contributed by atoms with Crippen LogP contribution in [0, 0.1) is 13.8 Å². The molecule has 0 saturated carbocycles. The fourth-order valence-electron chi connectivity index (χ4n) is 1.60. The van der Waals surface area contributed by atoms with Gasteiger partial charge >= 0.3 is 0 Å².